The predicted octanol–water partition coefficient (Wildman–Crippen LogP) is 1.57. The van der Waals surface area contributed by atoms with Crippen molar-refractivity contribution in [1.29, 1.82) is 0 Å². The van der Waals surface area contributed by atoms with E-state index in [1.165, 1.54) is 32.1 Å². The van der Waals surface area contributed by atoms with E-state index in [1.807, 2.05) is 0 Å². The Labute approximate surface area is 111 Å². The van der Waals surface area contributed by atoms with Gasteiger partial charge in [0.2, 0.25) is 0 Å². The minimum atomic E-state index is -0.419. The lowest BCUT2D eigenvalue weighted by Gasteiger charge is -2.28. The molecular formula is C14H29NO3. The van der Waals surface area contributed by atoms with E-state index >= 15 is 0 Å². The Balaban J connectivity index is 2.05. The van der Waals surface area contributed by atoms with Gasteiger partial charge in [-0.3, -0.25) is 0 Å². The maximum absolute atomic E-state index is 9.75. The van der Waals surface area contributed by atoms with Crippen LogP contribution in [0.4, 0.5) is 0 Å². The normalized spacial score (nSPS) is 20.2. The molecule has 0 aromatic heterocycles. The average Bonchev–Trinajstić information content (AvgIpc) is 2.84. The first kappa shape index (κ1) is 15.9. The van der Waals surface area contributed by atoms with Crippen LogP contribution in [0, 0.1) is 5.41 Å². The largest absolute Gasteiger partial charge is 0.389 e. The summed E-state index contributed by atoms with van der Waals surface area (Å²) in [6, 6.07) is 0. The summed E-state index contributed by atoms with van der Waals surface area (Å²) in [6.07, 6.45) is 6.20. The second-order valence-corrected chi connectivity index (χ2v) is 5.41. The van der Waals surface area contributed by atoms with E-state index in [9.17, 15) is 5.11 Å². The summed E-state index contributed by atoms with van der Waals surface area (Å²) in [5, 5.41) is 13.1. The van der Waals surface area contributed by atoms with Crippen molar-refractivity contribution in [3.63, 3.8) is 0 Å². The van der Waals surface area contributed by atoms with Gasteiger partial charge in [0, 0.05) is 20.2 Å². The molecule has 4 nitrogen and oxygen atoms in total. The highest BCUT2D eigenvalue weighted by atomic mass is 16.5. The number of nitrogens with one attached hydrogen (secondary N) is 1. The molecule has 1 atom stereocenters. The fourth-order valence-electron chi connectivity index (χ4n) is 2.70. The van der Waals surface area contributed by atoms with Gasteiger partial charge < -0.3 is 19.9 Å². The summed E-state index contributed by atoms with van der Waals surface area (Å²) in [6.45, 7) is 5.44. The monoisotopic (exact) mass is 259 g/mol. The third-order valence-corrected chi connectivity index (χ3v) is 4.04. The van der Waals surface area contributed by atoms with Crippen molar-refractivity contribution >= 4 is 0 Å². The zero-order valence-corrected chi connectivity index (χ0v) is 11.9. The fraction of sp³-hybridized carbons (Fsp3) is 1.00. The van der Waals surface area contributed by atoms with Gasteiger partial charge in [-0.1, -0.05) is 19.8 Å². The van der Waals surface area contributed by atoms with Crippen LogP contribution in [0.3, 0.4) is 0 Å². The van der Waals surface area contributed by atoms with Gasteiger partial charge in [0.1, 0.15) is 0 Å². The first-order valence-corrected chi connectivity index (χ1v) is 7.18. The second-order valence-electron chi connectivity index (χ2n) is 5.41. The molecule has 1 saturated carbocycles. The quantitative estimate of drug-likeness (QED) is 0.585. The molecule has 1 fully saturated rings. The van der Waals surface area contributed by atoms with Crippen molar-refractivity contribution in [1.82, 2.24) is 5.32 Å². The van der Waals surface area contributed by atoms with Crippen molar-refractivity contribution in [3.05, 3.63) is 0 Å². The third-order valence-electron chi connectivity index (χ3n) is 4.04. The van der Waals surface area contributed by atoms with Crippen LogP contribution in [0.25, 0.3) is 0 Å². The molecule has 0 spiro atoms. The smallest absolute Gasteiger partial charge is 0.0897 e. The van der Waals surface area contributed by atoms with E-state index in [0.29, 0.717) is 31.8 Å². The molecule has 2 N–H and O–H groups in total. The lowest BCUT2D eigenvalue weighted by molar-refractivity contribution is 0.0129. The highest BCUT2D eigenvalue weighted by Gasteiger charge is 2.31. The minimum absolute atomic E-state index is 0.384. The molecule has 0 aromatic carbocycles. The van der Waals surface area contributed by atoms with E-state index in [4.69, 9.17) is 9.47 Å². The van der Waals surface area contributed by atoms with E-state index in [-0.39, 0.29) is 0 Å². The maximum atomic E-state index is 9.75. The number of methoxy groups -OCH3 is 1. The van der Waals surface area contributed by atoms with Crippen molar-refractivity contribution in [2.45, 2.75) is 45.1 Å². The van der Waals surface area contributed by atoms with Gasteiger partial charge in [0.05, 0.1) is 25.9 Å². The highest BCUT2D eigenvalue weighted by Crippen LogP contribution is 2.40. The maximum Gasteiger partial charge on any atom is 0.0897 e. The van der Waals surface area contributed by atoms with Crippen LogP contribution in [0.2, 0.25) is 0 Å². The van der Waals surface area contributed by atoms with E-state index in [1.54, 1.807) is 7.11 Å². The van der Waals surface area contributed by atoms with E-state index < -0.39 is 6.10 Å². The zero-order chi connectivity index (χ0) is 13.3. The Morgan fingerprint density at radius 2 is 2.00 bits per heavy atom. The van der Waals surface area contributed by atoms with Gasteiger partial charge in [-0.15, -0.1) is 0 Å². The molecule has 0 amide bonds. The first-order chi connectivity index (χ1) is 8.72. The Kier molecular flexibility index (Phi) is 7.82. The molecular weight excluding hydrogens is 230 g/mol. The molecule has 0 heterocycles. The highest BCUT2D eigenvalue weighted by molar-refractivity contribution is 4.85. The molecule has 1 unspecified atom stereocenters. The lowest BCUT2D eigenvalue weighted by Crippen LogP contribution is -2.37. The minimum Gasteiger partial charge on any atom is -0.389 e. The number of aliphatic hydroxyl groups excluding tert-OH is 1. The van der Waals surface area contributed by atoms with E-state index in [0.717, 1.165) is 6.54 Å². The lowest BCUT2D eigenvalue weighted by atomic mass is 9.83. The Hall–Kier alpha value is -0.160. The number of aliphatic hydroxyl groups is 1. The van der Waals surface area contributed by atoms with Crippen LogP contribution < -0.4 is 5.32 Å². The molecule has 1 aliphatic carbocycles. The molecule has 108 valence electrons. The number of hydrogen-bond acceptors (Lipinski definition) is 4. The van der Waals surface area contributed by atoms with Gasteiger partial charge in [-0.25, -0.2) is 0 Å². The number of ether oxygens (including phenoxy) is 2. The Bertz CT molecular complexity index is 205. The molecule has 18 heavy (non-hydrogen) atoms. The van der Waals surface area contributed by atoms with Gasteiger partial charge in [0.15, 0.2) is 0 Å². The van der Waals surface area contributed by atoms with E-state index in [2.05, 4.69) is 12.2 Å². The van der Waals surface area contributed by atoms with Crippen molar-refractivity contribution in [2.24, 2.45) is 5.41 Å². The fourth-order valence-corrected chi connectivity index (χ4v) is 2.70. The zero-order valence-electron chi connectivity index (χ0n) is 11.9. The molecule has 4 heteroatoms. The summed E-state index contributed by atoms with van der Waals surface area (Å²) < 4.78 is 10.2. The first-order valence-electron chi connectivity index (χ1n) is 7.18. The standard InChI is InChI=1S/C14H29NO3/c1-3-14(6-4-5-7-14)12-15-10-13(16)11-18-9-8-17-2/h13,15-16H,3-12H2,1-2H3. The summed E-state index contributed by atoms with van der Waals surface area (Å²) in [5.41, 5.74) is 0.483. The van der Waals surface area contributed by atoms with Gasteiger partial charge in [-0.05, 0) is 24.7 Å². The molecule has 0 bridgehead atoms. The van der Waals surface area contributed by atoms with Crippen LogP contribution in [0.15, 0.2) is 0 Å². The van der Waals surface area contributed by atoms with Crippen molar-refractivity contribution in [2.75, 3.05) is 40.0 Å². The van der Waals surface area contributed by atoms with Gasteiger partial charge in [0.25, 0.3) is 0 Å². The van der Waals surface area contributed by atoms with Crippen LogP contribution in [0.5, 0.6) is 0 Å². The van der Waals surface area contributed by atoms with Crippen LogP contribution >= 0.6 is 0 Å². The van der Waals surface area contributed by atoms with Crippen LogP contribution in [-0.4, -0.2) is 51.2 Å². The summed E-state index contributed by atoms with van der Waals surface area (Å²) in [5.74, 6) is 0. The average molecular weight is 259 g/mol. The molecule has 1 rings (SSSR count). The van der Waals surface area contributed by atoms with Crippen LogP contribution in [-0.2, 0) is 9.47 Å². The molecule has 0 aliphatic heterocycles. The summed E-state index contributed by atoms with van der Waals surface area (Å²) in [4.78, 5) is 0. The predicted molar refractivity (Wildman–Crippen MR) is 72.8 cm³/mol. The second kappa shape index (κ2) is 8.86. The SMILES string of the molecule is CCC1(CNCC(O)COCCOC)CCCC1. The van der Waals surface area contributed by atoms with Crippen LogP contribution in [0.1, 0.15) is 39.0 Å². The Morgan fingerprint density at radius 1 is 1.28 bits per heavy atom. The molecule has 1 aliphatic rings. The number of hydrogen-bond donors (Lipinski definition) is 2. The van der Waals surface area contributed by atoms with Gasteiger partial charge >= 0.3 is 0 Å². The summed E-state index contributed by atoms with van der Waals surface area (Å²) in [7, 11) is 1.65. The molecule has 0 aromatic rings. The van der Waals surface area contributed by atoms with Crippen molar-refractivity contribution < 1.29 is 14.6 Å². The summed E-state index contributed by atoms with van der Waals surface area (Å²) >= 11 is 0. The molecule has 0 saturated heterocycles. The topological polar surface area (TPSA) is 50.7 Å². The molecule has 0 radical (unpaired) electrons. The Morgan fingerprint density at radius 3 is 2.61 bits per heavy atom. The number of rotatable bonds is 10. The van der Waals surface area contributed by atoms with Crippen molar-refractivity contribution in [3.8, 4) is 0 Å². The third kappa shape index (κ3) is 5.65. The van der Waals surface area contributed by atoms with Gasteiger partial charge in [-0.2, -0.15) is 0 Å².